The van der Waals surface area contributed by atoms with Gasteiger partial charge >= 0.3 is 0 Å². The Balaban J connectivity index is 1.74. The molecule has 1 aliphatic rings. The molecule has 30 heavy (non-hydrogen) atoms. The molecule has 1 heterocycles. The number of hydrogen-bond donors (Lipinski definition) is 1. The molecule has 3 rings (SSSR count). The molecule has 1 amide bonds. The number of carbonyl (C=O) groups is 1. The lowest BCUT2D eigenvalue weighted by Gasteiger charge is -2.32. The molecule has 2 aromatic rings. The van der Waals surface area contributed by atoms with E-state index in [-0.39, 0.29) is 24.9 Å². The minimum Gasteiger partial charge on any atom is -0.326 e. The zero-order valence-electron chi connectivity index (χ0n) is 18.2. The largest absolute Gasteiger partial charge is 0.326 e. The second-order valence-corrected chi connectivity index (χ2v) is 10.1. The van der Waals surface area contributed by atoms with Gasteiger partial charge < -0.3 is 5.32 Å². The van der Waals surface area contributed by atoms with Gasteiger partial charge in [0.2, 0.25) is 15.9 Å². The summed E-state index contributed by atoms with van der Waals surface area (Å²) in [4.78, 5) is 13.0. The molecule has 1 fully saturated rings. The van der Waals surface area contributed by atoms with Crippen LogP contribution in [0.1, 0.15) is 40.7 Å². The number of piperidine rings is 1. The van der Waals surface area contributed by atoms with E-state index in [4.69, 9.17) is 0 Å². The Hall–Kier alpha value is -2.25. The number of halogens is 1. The highest BCUT2D eigenvalue weighted by molar-refractivity contribution is 7.89. The van der Waals surface area contributed by atoms with E-state index >= 15 is 0 Å². The quantitative estimate of drug-likeness (QED) is 0.778. The third-order valence-corrected chi connectivity index (χ3v) is 8.35. The van der Waals surface area contributed by atoms with Crippen molar-refractivity contribution < 1.29 is 17.6 Å². The van der Waals surface area contributed by atoms with Crippen LogP contribution in [0.25, 0.3) is 0 Å². The van der Waals surface area contributed by atoms with Crippen molar-refractivity contribution in [3.63, 3.8) is 0 Å². The van der Waals surface area contributed by atoms with Crippen LogP contribution in [-0.2, 0) is 14.8 Å². The number of anilines is 1. The van der Waals surface area contributed by atoms with Crippen LogP contribution in [0.15, 0.2) is 29.2 Å². The van der Waals surface area contributed by atoms with Crippen LogP contribution in [-0.4, -0.2) is 31.7 Å². The molecule has 0 bridgehead atoms. The highest BCUT2D eigenvalue weighted by Gasteiger charge is 2.34. The van der Waals surface area contributed by atoms with Crippen LogP contribution in [0, 0.1) is 46.4 Å². The standard InChI is InChI=1S/C23H29FN2O3S/c1-14-6-7-20(24)13-21(14)25-23(27)19-8-10-26(11-9-19)30(28,29)22-17(4)15(2)12-16(3)18(22)5/h6-7,12-13,19H,8-11H2,1-5H3,(H,25,27). The first kappa shape index (κ1) is 22.4. The minimum atomic E-state index is -3.64. The smallest absolute Gasteiger partial charge is 0.243 e. The Labute approximate surface area is 178 Å². The molecule has 0 unspecified atom stereocenters. The van der Waals surface area contributed by atoms with Crippen LogP contribution < -0.4 is 5.32 Å². The summed E-state index contributed by atoms with van der Waals surface area (Å²) < 4.78 is 41.7. The zero-order chi connectivity index (χ0) is 22.2. The fraction of sp³-hybridized carbons (Fsp3) is 0.435. The fourth-order valence-electron chi connectivity index (χ4n) is 4.02. The molecule has 0 saturated carbocycles. The predicted octanol–water partition coefficient (Wildman–Crippen LogP) is 4.41. The van der Waals surface area contributed by atoms with Gasteiger partial charge in [-0.2, -0.15) is 4.31 Å². The lowest BCUT2D eigenvalue weighted by atomic mass is 9.97. The van der Waals surface area contributed by atoms with E-state index < -0.39 is 15.8 Å². The number of rotatable bonds is 4. The summed E-state index contributed by atoms with van der Waals surface area (Å²) in [6, 6.07) is 6.28. The summed E-state index contributed by atoms with van der Waals surface area (Å²) in [5.74, 6) is -0.906. The van der Waals surface area contributed by atoms with Crippen molar-refractivity contribution in [3.8, 4) is 0 Å². The summed E-state index contributed by atoms with van der Waals surface area (Å²) in [6.07, 6.45) is 0.866. The second-order valence-electron chi connectivity index (χ2n) is 8.22. The van der Waals surface area contributed by atoms with Gasteiger partial charge in [-0.1, -0.05) is 12.1 Å². The molecule has 0 radical (unpaired) electrons. The molecule has 162 valence electrons. The van der Waals surface area contributed by atoms with E-state index in [1.807, 2.05) is 33.8 Å². The van der Waals surface area contributed by atoms with Crippen molar-refractivity contribution in [1.29, 1.82) is 0 Å². The van der Waals surface area contributed by atoms with Crippen molar-refractivity contribution in [2.75, 3.05) is 18.4 Å². The molecule has 0 spiro atoms. The Morgan fingerprint density at radius 2 is 1.53 bits per heavy atom. The molecular formula is C23H29FN2O3S. The van der Waals surface area contributed by atoms with Gasteiger partial charge in [0, 0.05) is 24.7 Å². The Kier molecular flexibility index (Phi) is 6.34. The van der Waals surface area contributed by atoms with Gasteiger partial charge in [0.05, 0.1) is 4.90 Å². The summed E-state index contributed by atoms with van der Waals surface area (Å²) in [5, 5.41) is 2.79. The molecule has 5 nitrogen and oxygen atoms in total. The van der Waals surface area contributed by atoms with Crippen LogP contribution in [0.4, 0.5) is 10.1 Å². The molecule has 7 heteroatoms. The normalized spacial score (nSPS) is 15.9. The maximum atomic E-state index is 13.5. The van der Waals surface area contributed by atoms with Gasteiger partial charge in [0.25, 0.3) is 0 Å². The second kappa shape index (κ2) is 8.47. The third-order valence-electron chi connectivity index (χ3n) is 6.18. The molecular weight excluding hydrogens is 403 g/mol. The van der Waals surface area contributed by atoms with Gasteiger partial charge in [0.15, 0.2) is 0 Å². The third kappa shape index (κ3) is 4.27. The summed E-state index contributed by atoms with van der Waals surface area (Å²) >= 11 is 0. The number of carbonyl (C=O) groups excluding carboxylic acids is 1. The van der Waals surface area contributed by atoms with Crippen molar-refractivity contribution in [2.24, 2.45) is 5.92 Å². The number of nitrogens with zero attached hydrogens (tertiary/aromatic N) is 1. The van der Waals surface area contributed by atoms with E-state index in [0.29, 0.717) is 23.4 Å². The van der Waals surface area contributed by atoms with E-state index in [2.05, 4.69) is 5.32 Å². The first-order valence-corrected chi connectivity index (χ1v) is 11.6. The fourth-order valence-corrected chi connectivity index (χ4v) is 6.06. The molecule has 0 aliphatic carbocycles. The molecule has 2 aromatic carbocycles. The zero-order valence-corrected chi connectivity index (χ0v) is 19.0. The van der Waals surface area contributed by atoms with Crippen LogP contribution in [0.5, 0.6) is 0 Å². The van der Waals surface area contributed by atoms with Gasteiger partial charge in [0.1, 0.15) is 5.82 Å². The lowest BCUT2D eigenvalue weighted by molar-refractivity contribution is -0.120. The minimum absolute atomic E-state index is 0.195. The number of aryl methyl sites for hydroxylation is 3. The molecule has 1 N–H and O–H groups in total. The number of hydrogen-bond acceptors (Lipinski definition) is 3. The maximum absolute atomic E-state index is 13.5. The van der Waals surface area contributed by atoms with E-state index in [0.717, 1.165) is 27.8 Å². The Bertz CT molecular complexity index is 1060. The SMILES string of the molecule is Cc1ccc(F)cc1NC(=O)C1CCN(S(=O)(=O)c2c(C)c(C)cc(C)c2C)CC1. The predicted molar refractivity (Wildman–Crippen MR) is 117 cm³/mol. The molecule has 0 aromatic heterocycles. The average Bonchev–Trinajstić information content (AvgIpc) is 2.69. The van der Waals surface area contributed by atoms with E-state index in [1.54, 1.807) is 13.0 Å². The maximum Gasteiger partial charge on any atom is 0.243 e. The van der Waals surface area contributed by atoms with Crippen LogP contribution in [0.3, 0.4) is 0 Å². The van der Waals surface area contributed by atoms with Gasteiger partial charge in [-0.3, -0.25) is 4.79 Å². The van der Waals surface area contributed by atoms with Crippen LogP contribution >= 0.6 is 0 Å². The Morgan fingerprint density at radius 1 is 0.967 bits per heavy atom. The summed E-state index contributed by atoms with van der Waals surface area (Å²) in [5.41, 5.74) is 4.70. The Morgan fingerprint density at radius 3 is 2.10 bits per heavy atom. The van der Waals surface area contributed by atoms with Gasteiger partial charge in [-0.25, -0.2) is 12.8 Å². The van der Waals surface area contributed by atoms with Crippen molar-refractivity contribution in [3.05, 3.63) is 57.9 Å². The van der Waals surface area contributed by atoms with Crippen LogP contribution in [0.2, 0.25) is 0 Å². The first-order chi connectivity index (χ1) is 14.0. The molecule has 1 saturated heterocycles. The number of amides is 1. The van der Waals surface area contributed by atoms with Gasteiger partial charge in [-0.05, 0) is 87.4 Å². The van der Waals surface area contributed by atoms with E-state index in [1.165, 1.54) is 16.4 Å². The lowest BCUT2D eigenvalue weighted by Crippen LogP contribution is -2.42. The molecule has 1 aliphatic heterocycles. The highest BCUT2D eigenvalue weighted by Crippen LogP contribution is 2.31. The number of benzene rings is 2. The van der Waals surface area contributed by atoms with Gasteiger partial charge in [-0.15, -0.1) is 0 Å². The van der Waals surface area contributed by atoms with E-state index in [9.17, 15) is 17.6 Å². The topological polar surface area (TPSA) is 66.5 Å². The van der Waals surface area contributed by atoms with Crippen molar-refractivity contribution in [1.82, 2.24) is 4.31 Å². The monoisotopic (exact) mass is 432 g/mol. The number of nitrogens with one attached hydrogen (secondary N) is 1. The summed E-state index contributed by atoms with van der Waals surface area (Å²) in [6.45, 7) is 9.91. The highest BCUT2D eigenvalue weighted by atomic mass is 32.2. The number of sulfonamides is 1. The summed E-state index contributed by atoms with van der Waals surface area (Å²) in [7, 11) is -3.64. The van der Waals surface area contributed by atoms with Crippen molar-refractivity contribution >= 4 is 21.6 Å². The molecule has 0 atom stereocenters. The van der Waals surface area contributed by atoms with Crippen molar-refractivity contribution in [2.45, 2.75) is 52.4 Å². The average molecular weight is 433 g/mol. The first-order valence-electron chi connectivity index (χ1n) is 10.2.